The summed E-state index contributed by atoms with van der Waals surface area (Å²) in [7, 11) is -2.11. The van der Waals surface area contributed by atoms with Gasteiger partial charge in [0, 0.05) is 38.8 Å². The summed E-state index contributed by atoms with van der Waals surface area (Å²) in [5.74, 6) is -0.0147. The Morgan fingerprint density at radius 1 is 1.32 bits per heavy atom. The average molecular weight is 413 g/mol. The third kappa shape index (κ3) is 5.65. The molecular formula is C18H27N3O6S. The number of rotatable bonds is 5. The van der Waals surface area contributed by atoms with Gasteiger partial charge in [-0.25, -0.2) is 13.2 Å². The highest BCUT2D eigenvalue weighted by Gasteiger charge is 2.32. The van der Waals surface area contributed by atoms with Gasteiger partial charge in [0.1, 0.15) is 5.60 Å². The second-order valence-corrected chi connectivity index (χ2v) is 9.92. The molecule has 0 aliphatic carbocycles. The van der Waals surface area contributed by atoms with E-state index in [0.29, 0.717) is 19.5 Å². The number of carbonyl (C=O) groups is 1. The lowest BCUT2D eigenvalue weighted by molar-refractivity contribution is -0.384. The Balaban J connectivity index is 2.05. The molecule has 1 fully saturated rings. The van der Waals surface area contributed by atoms with Crippen molar-refractivity contribution in [3.63, 3.8) is 0 Å². The van der Waals surface area contributed by atoms with E-state index in [1.54, 1.807) is 27.8 Å². The van der Waals surface area contributed by atoms with Crippen LogP contribution in [0, 0.1) is 16.0 Å². The third-order valence-electron chi connectivity index (χ3n) is 4.40. The first-order chi connectivity index (χ1) is 12.9. The molecule has 156 valence electrons. The number of piperidine rings is 1. The molecule has 0 radical (unpaired) electrons. The smallest absolute Gasteiger partial charge is 0.410 e. The van der Waals surface area contributed by atoms with Crippen LogP contribution >= 0.6 is 0 Å². The molecule has 1 unspecified atom stereocenters. The molecule has 1 saturated heterocycles. The van der Waals surface area contributed by atoms with E-state index in [1.165, 1.54) is 33.5 Å². The van der Waals surface area contributed by atoms with E-state index < -0.39 is 26.6 Å². The Hall–Kier alpha value is -2.20. The average Bonchev–Trinajstić information content (AvgIpc) is 2.60. The van der Waals surface area contributed by atoms with E-state index in [1.807, 2.05) is 0 Å². The van der Waals surface area contributed by atoms with Gasteiger partial charge in [0.05, 0.1) is 9.82 Å². The van der Waals surface area contributed by atoms with Gasteiger partial charge >= 0.3 is 6.09 Å². The lowest BCUT2D eigenvalue weighted by Gasteiger charge is -2.34. The summed E-state index contributed by atoms with van der Waals surface area (Å²) in [6.45, 7) is 6.42. The van der Waals surface area contributed by atoms with Crippen LogP contribution in [0.1, 0.15) is 33.6 Å². The van der Waals surface area contributed by atoms with Crippen LogP contribution in [0.4, 0.5) is 10.5 Å². The fourth-order valence-electron chi connectivity index (χ4n) is 3.08. The number of nitrogens with zero attached hydrogens (tertiary/aromatic N) is 3. The first-order valence-corrected chi connectivity index (χ1v) is 10.5. The fourth-order valence-corrected chi connectivity index (χ4v) is 4.64. The largest absolute Gasteiger partial charge is 0.444 e. The summed E-state index contributed by atoms with van der Waals surface area (Å²) in [5.41, 5.74) is -0.752. The Bertz CT molecular complexity index is 817. The van der Waals surface area contributed by atoms with E-state index in [0.717, 1.165) is 6.42 Å². The number of nitro benzene ring substituents is 1. The van der Waals surface area contributed by atoms with Gasteiger partial charge in [-0.3, -0.25) is 10.1 Å². The number of amides is 1. The molecule has 28 heavy (non-hydrogen) atoms. The molecule has 10 heteroatoms. The normalized spacial score (nSPS) is 18.5. The quantitative estimate of drug-likeness (QED) is 0.542. The van der Waals surface area contributed by atoms with Crippen LogP contribution in [0.15, 0.2) is 29.2 Å². The number of carbonyl (C=O) groups excluding carboxylic acids is 1. The predicted molar refractivity (Wildman–Crippen MR) is 103 cm³/mol. The second-order valence-electron chi connectivity index (χ2n) is 7.98. The molecule has 1 aliphatic rings. The molecule has 0 N–H and O–H groups in total. The highest BCUT2D eigenvalue weighted by molar-refractivity contribution is 7.89. The van der Waals surface area contributed by atoms with Crippen molar-refractivity contribution in [1.82, 2.24) is 9.21 Å². The summed E-state index contributed by atoms with van der Waals surface area (Å²) >= 11 is 0. The SMILES string of the molecule is CN(CC1CCCN(S(=O)(=O)c2ccc([N+](=O)[O-])cc2)C1)C(=O)OC(C)(C)C. The standard InChI is InChI=1S/C18H27N3O6S/c1-18(2,3)27-17(22)19(4)12-14-6-5-11-20(13-14)28(25,26)16-9-7-15(8-10-16)21(23)24/h7-10,14H,5-6,11-13H2,1-4H3. The van der Waals surface area contributed by atoms with E-state index in [9.17, 15) is 23.3 Å². The van der Waals surface area contributed by atoms with Crippen molar-refractivity contribution in [2.24, 2.45) is 5.92 Å². The molecular weight excluding hydrogens is 386 g/mol. The van der Waals surface area contributed by atoms with Gasteiger partial charge in [-0.05, 0) is 51.7 Å². The molecule has 1 amide bonds. The first kappa shape index (κ1) is 22.1. The van der Waals surface area contributed by atoms with Crippen molar-refractivity contribution in [1.29, 1.82) is 0 Å². The van der Waals surface area contributed by atoms with Gasteiger partial charge in [-0.15, -0.1) is 0 Å². The van der Waals surface area contributed by atoms with Gasteiger partial charge in [0.25, 0.3) is 5.69 Å². The minimum absolute atomic E-state index is 0.0147. The molecule has 2 rings (SSSR count). The van der Waals surface area contributed by atoms with Crippen molar-refractivity contribution in [2.75, 3.05) is 26.7 Å². The Morgan fingerprint density at radius 3 is 2.46 bits per heavy atom. The molecule has 0 spiro atoms. The maximum Gasteiger partial charge on any atom is 0.410 e. The topological polar surface area (TPSA) is 110 Å². The van der Waals surface area contributed by atoms with Crippen LogP contribution in [-0.2, 0) is 14.8 Å². The van der Waals surface area contributed by atoms with E-state index in [4.69, 9.17) is 4.74 Å². The summed E-state index contributed by atoms with van der Waals surface area (Å²) < 4.78 is 32.5. The maximum absolute atomic E-state index is 12.9. The Kier molecular flexibility index (Phi) is 6.66. The van der Waals surface area contributed by atoms with Gasteiger partial charge in [0.2, 0.25) is 10.0 Å². The minimum atomic E-state index is -3.75. The summed E-state index contributed by atoms with van der Waals surface area (Å²) in [4.78, 5) is 23.8. The third-order valence-corrected chi connectivity index (χ3v) is 6.28. The van der Waals surface area contributed by atoms with Crippen LogP contribution in [0.25, 0.3) is 0 Å². The zero-order chi connectivity index (χ0) is 21.1. The van der Waals surface area contributed by atoms with E-state index >= 15 is 0 Å². The molecule has 0 saturated carbocycles. The molecule has 1 aromatic rings. The number of sulfonamides is 1. The van der Waals surface area contributed by atoms with Crippen molar-refractivity contribution in [3.8, 4) is 0 Å². The molecule has 9 nitrogen and oxygen atoms in total. The minimum Gasteiger partial charge on any atom is -0.444 e. The molecule has 0 bridgehead atoms. The van der Waals surface area contributed by atoms with Crippen molar-refractivity contribution >= 4 is 21.8 Å². The van der Waals surface area contributed by atoms with Crippen molar-refractivity contribution in [3.05, 3.63) is 34.4 Å². The lowest BCUT2D eigenvalue weighted by Crippen LogP contribution is -2.44. The van der Waals surface area contributed by atoms with E-state index in [-0.39, 0.29) is 23.0 Å². The number of hydrogen-bond donors (Lipinski definition) is 0. The van der Waals surface area contributed by atoms with Crippen molar-refractivity contribution < 1.29 is 22.9 Å². The van der Waals surface area contributed by atoms with Crippen molar-refractivity contribution in [2.45, 2.75) is 44.1 Å². The van der Waals surface area contributed by atoms with Crippen LogP contribution in [0.3, 0.4) is 0 Å². The lowest BCUT2D eigenvalue weighted by atomic mass is 9.99. The van der Waals surface area contributed by atoms with Gasteiger partial charge in [0.15, 0.2) is 0 Å². The zero-order valence-electron chi connectivity index (χ0n) is 16.6. The highest BCUT2D eigenvalue weighted by atomic mass is 32.2. The zero-order valence-corrected chi connectivity index (χ0v) is 17.4. The van der Waals surface area contributed by atoms with Gasteiger partial charge < -0.3 is 9.64 Å². The van der Waals surface area contributed by atoms with Crippen LogP contribution < -0.4 is 0 Å². The number of non-ortho nitro benzene ring substituents is 1. The Morgan fingerprint density at radius 2 is 1.93 bits per heavy atom. The second kappa shape index (κ2) is 8.44. The van der Waals surface area contributed by atoms with Gasteiger partial charge in [-0.2, -0.15) is 4.31 Å². The van der Waals surface area contributed by atoms with Crippen LogP contribution in [0.5, 0.6) is 0 Å². The number of benzene rings is 1. The number of hydrogen-bond acceptors (Lipinski definition) is 6. The number of nitro groups is 1. The Labute approximate surface area is 165 Å². The molecule has 1 atom stereocenters. The fraction of sp³-hybridized carbons (Fsp3) is 0.611. The maximum atomic E-state index is 12.9. The van der Waals surface area contributed by atoms with Gasteiger partial charge in [-0.1, -0.05) is 0 Å². The monoisotopic (exact) mass is 413 g/mol. The number of ether oxygens (including phenoxy) is 1. The molecule has 1 heterocycles. The summed E-state index contributed by atoms with van der Waals surface area (Å²) in [6.07, 6.45) is 1.04. The van der Waals surface area contributed by atoms with Crippen LogP contribution in [-0.4, -0.2) is 60.9 Å². The predicted octanol–water partition coefficient (Wildman–Crippen LogP) is 2.86. The summed E-state index contributed by atoms with van der Waals surface area (Å²) in [6, 6.07) is 4.88. The van der Waals surface area contributed by atoms with E-state index in [2.05, 4.69) is 0 Å². The molecule has 1 aromatic carbocycles. The highest BCUT2D eigenvalue weighted by Crippen LogP contribution is 2.25. The van der Waals surface area contributed by atoms with Crippen LogP contribution in [0.2, 0.25) is 0 Å². The molecule has 1 aliphatic heterocycles. The first-order valence-electron chi connectivity index (χ1n) is 9.09. The molecule has 0 aromatic heterocycles. The summed E-state index contributed by atoms with van der Waals surface area (Å²) in [5, 5.41) is 10.8.